The molecule has 5 heteroatoms. The zero-order chi connectivity index (χ0) is 13.1. The van der Waals surface area contributed by atoms with Crippen LogP contribution >= 0.6 is 0 Å². The lowest BCUT2D eigenvalue weighted by Crippen LogP contribution is -2.14. The molecule has 1 N–H and O–H groups in total. The van der Waals surface area contributed by atoms with Crippen LogP contribution in [0.3, 0.4) is 0 Å². The molecular formula is C13H13FN2O2. The summed E-state index contributed by atoms with van der Waals surface area (Å²) in [6, 6.07) is 5.73. The fourth-order valence-electron chi connectivity index (χ4n) is 1.71. The molecule has 0 aliphatic rings. The first-order chi connectivity index (χ1) is 8.61. The van der Waals surface area contributed by atoms with Crippen molar-refractivity contribution in [1.82, 2.24) is 5.16 Å². The maximum Gasteiger partial charge on any atom is 0.261 e. The summed E-state index contributed by atoms with van der Waals surface area (Å²) in [5, 5.41) is 6.43. The summed E-state index contributed by atoms with van der Waals surface area (Å²) < 4.78 is 18.0. The number of hydrogen-bond acceptors (Lipinski definition) is 3. The summed E-state index contributed by atoms with van der Waals surface area (Å²) in [7, 11) is 0. The van der Waals surface area contributed by atoms with Crippen LogP contribution in [-0.2, 0) is 6.42 Å². The van der Waals surface area contributed by atoms with Crippen molar-refractivity contribution in [2.45, 2.75) is 20.3 Å². The number of amides is 1. The maximum atomic E-state index is 13.0. The van der Waals surface area contributed by atoms with Crippen molar-refractivity contribution in [2.24, 2.45) is 0 Å². The van der Waals surface area contributed by atoms with Gasteiger partial charge in [-0.1, -0.05) is 18.1 Å². The molecule has 0 bridgehead atoms. The first-order valence-corrected chi connectivity index (χ1v) is 5.64. The summed E-state index contributed by atoms with van der Waals surface area (Å²) in [5.41, 5.74) is 1.42. The second kappa shape index (κ2) is 5.00. The minimum atomic E-state index is -0.398. The van der Waals surface area contributed by atoms with Gasteiger partial charge in [0.2, 0.25) is 0 Å². The molecule has 1 heterocycles. The highest BCUT2D eigenvalue weighted by Gasteiger charge is 2.19. The van der Waals surface area contributed by atoms with Crippen molar-refractivity contribution in [3.05, 3.63) is 47.1 Å². The Hall–Kier alpha value is -2.17. The van der Waals surface area contributed by atoms with Crippen LogP contribution in [0.25, 0.3) is 0 Å². The normalized spacial score (nSPS) is 10.4. The molecule has 0 radical (unpaired) electrons. The molecule has 0 saturated carbocycles. The van der Waals surface area contributed by atoms with Gasteiger partial charge >= 0.3 is 0 Å². The molecule has 0 unspecified atom stereocenters. The van der Waals surface area contributed by atoms with Crippen LogP contribution in [0.2, 0.25) is 0 Å². The molecule has 94 valence electrons. The minimum Gasteiger partial charge on any atom is -0.361 e. The highest BCUT2D eigenvalue weighted by molar-refractivity contribution is 6.05. The number of hydrogen-bond donors (Lipinski definition) is 1. The van der Waals surface area contributed by atoms with Gasteiger partial charge in [-0.05, 0) is 31.5 Å². The first-order valence-electron chi connectivity index (χ1n) is 5.64. The average molecular weight is 248 g/mol. The Morgan fingerprint density at radius 1 is 1.50 bits per heavy atom. The Bertz CT molecular complexity index is 578. The van der Waals surface area contributed by atoms with Gasteiger partial charge in [0, 0.05) is 5.69 Å². The lowest BCUT2D eigenvalue weighted by molar-refractivity contribution is 0.102. The van der Waals surface area contributed by atoms with Crippen LogP contribution in [0.15, 0.2) is 28.8 Å². The molecule has 18 heavy (non-hydrogen) atoms. The third kappa shape index (κ3) is 2.40. The SMILES string of the molecule is CCc1noc(C)c1C(=O)Nc1cccc(F)c1. The third-order valence-electron chi connectivity index (χ3n) is 2.58. The predicted octanol–water partition coefficient (Wildman–Crippen LogP) is 2.94. The van der Waals surface area contributed by atoms with Crippen LogP contribution < -0.4 is 5.32 Å². The Kier molecular flexibility index (Phi) is 3.41. The van der Waals surface area contributed by atoms with Gasteiger partial charge in [-0.3, -0.25) is 4.79 Å². The topological polar surface area (TPSA) is 55.1 Å². The summed E-state index contributed by atoms with van der Waals surface area (Å²) in [5.74, 6) is -0.275. The Balaban J connectivity index is 2.24. The number of aromatic nitrogens is 1. The van der Waals surface area contributed by atoms with Crippen molar-refractivity contribution in [1.29, 1.82) is 0 Å². The smallest absolute Gasteiger partial charge is 0.261 e. The van der Waals surface area contributed by atoms with Crippen molar-refractivity contribution in [2.75, 3.05) is 5.32 Å². The Morgan fingerprint density at radius 2 is 2.28 bits per heavy atom. The lowest BCUT2D eigenvalue weighted by atomic mass is 10.1. The molecule has 1 aromatic carbocycles. The van der Waals surface area contributed by atoms with E-state index >= 15 is 0 Å². The van der Waals surface area contributed by atoms with E-state index in [4.69, 9.17) is 4.52 Å². The number of anilines is 1. The first kappa shape index (κ1) is 12.3. The number of aryl methyl sites for hydroxylation is 2. The molecular weight excluding hydrogens is 235 g/mol. The highest BCUT2D eigenvalue weighted by atomic mass is 19.1. The molecule has 1 amide bonds. The number of halogens is 1. The molecule has 2 rings (SSSR count). The Morgan fingerprint density at radius 3 is 2.94 bits per heavy atom. The van der Waals surface area contributed by atoms with E-state index in [1.54, 1.807) is 13.0 Å². The number of nitrogens with one attached hydrogen (secondary N) is 1. The van der Waals surface area contributed by atoms with Crippen LogP contribution in [0.1, 0.15) is 28.7 Å². The monoisotopic (exact) mass is 248 g/mol. The predicted molar refractivity (Wildman–Crippen MR) is 65.0 cm³/mol. The maximum absolute atomic E-state index is 13.0. The Labute approximate surface area is 104 Å². The van der Waals surface area contributed by atoms with Crippen LogP contribution in [0.5, 0.6) is 0 Å². The van der Waals surface area contributed by atoms with Crippen LogP contribution in [0, 0.1) is 12.7 Å². The van der Waals surface area contributed by atoms with E-state index in [2.05, 4.69) is 10.5 Å². The van der Waals surface area contributed by atoms with Crippen LogP contribution in [-0.4, -0.2) is 11.1 Å². The summed E-state index contributed by atoms with van der Waals surface area (Å²) >= 11 is 0. The zero-order valence-corrected chi connectivity index (χ0v) is 10.2. The quantitative estimate of drug-likeness (QED) is 0.908. The van der Waals surface area contributed by atoms with Crippen molar-refractivity contribution < 1.29 is 13.7 Å². The second-order valence-electron chi connectivity index (χ2n) is 3.88. The molecule has 0 aliphatic heterocycles. The van der Waals surface area contributed by atoms with E-state index in [9.17, 15) is 9.18 Å². The van der Waals surface area contributed by atoms with Gasteiger partial charge in [-0.2, -0.15) is 0 Å². The molecule has 0 spiro atoms. The van der Waals surface area contributed by atoms with Crippen LogP contribution in [0.4, 0.5) is 10.1 Å². The van der Waals surface area contributed by atoms with Gasteiger partial charge in [-0.25, -0.2) is 4.39 Å². The molecule has 4 nitrogen and oxygen atoms in total. The van der Waals surface area contributed by atoms with E-state index in [-0.39, 0.29) is 5.91 Å². The van der Waals surface area contributed by atoms with Crippen molar-refractivity contribution in [3.8, 4) is 0 Å². The fourth-order valence-corrected chi connectivity index (χ4v) is 1.71. The number of carbonyl (C=O) groups excluding carboxylic acids is 1. The van der Waals surface area contributed by atoms with E-state index in [1.165, 1.54) is 18.2 Å². The second-order valence-corrected chi connectivity index (χ2v) is 3.88. The van der Waals surface area contributed by atoms with E-state index in [0.717, 1.165) is 0 Å². The van der Waals surface area contributed by atoms with E-state index < -0.39 is 5.82 Å². The summed E-state index contributed by atoms with van der Waals surface area (Å²) in [4.78, 5) is 12.1. The average Bonchev–Trinajstić information content (AvgIpc) is 2.70. The molecule has 0 aliphatic carbocycles. The van der Waals surface area contributed by atoms with Gasteiger partial charge in [-0.15, -0.1) is 0 Å². The van der Waals surface area contributed by atoms with E-state index in [0.29, 0.717) is 29.1 Å². The minimum absolute atomic E-state index is 0.337. The lowest BCUT2D eigenvalue weighted by Gasteiger charge is -2.04. The molecule has 0 atom stereocenters. The summed E-state index contributed by atoms with van der Waals surface area (Å²) in [6.45, 7) is 3.56. The fraction of sp³-hybridized carbons (Fsp3) is 0.231. The number of benzene rings is 1. The number of rotatable bonds is 3. The third-order valence-corrected chi connectivity index (χ3v) is 2.58. The van der Waals surface area contributed by atoms with Gasteiger partial charge in [0.05, 0.1) is 5.69 Å². The number of nitrogens with zero attached hydrogens (tertiary/aromatic N) is 1. The van der Waals surface area contributed by atoms with Crippen molar-refractivity contribution in [3.63, 3.8) is 0 Å². The summed E-state index contributed by atoms with van der Waals surface area (Å²) in [6.07, 6.45) is 0.600. The standard InChI is InChI=1S/C13H13FN2O2/c1-3-11-12(8(2)18-16-11)13(17)15-10-6-4-5-9(14)7-10/h4-7H,3H2,1-2H3,(H,15,17). The molecule has 0 fully saturated rings. The zero-order valence-electron chi connectivity index (χ0n) is 10.2. The molecule has 2 aromatic rings. The highest BCUT2D eigenvalue weighted by Crippen LogP contribution is 2.17. The van der Waals surface area contributed by atoms with Crippen molar-refractivity contribution >= 4 is 11.6 Å². The van der Waals surface area contributed by atoms with Gasteiger partial charge in [0.1, 0.15) is 17.1 Å². The number of carbonyl (C=O) groups is 1. The molecule has 0 saturated heterocycles. The largest absolute Gasteiger partial charge is 0.361 e. The van der Waals surface area contributed by atoms with Gasteiger partial charge in [0.15, 0.2) is 0 Å². The van der Waals surface area contributed by atoms with E-state index in [1.807, 2.05) is 6.92 Å². The molecule has 1 aromatic heterocycles. The van der Waals surface area contributed by atoms with Gasteiger partial charge in [0.25, 0.3) is 5.91 Å². The van der Waals surface area contributed by atoms with Gasteiger partial charge < -0.3 is 9.84 Å².